The Hall–Kier alpha value is -3.06. The summed E-state index contributed by atoms with van der Waals surface area (Å²) in [6, 6.07) is 21.2. The second-order valence-corrected chi connectivity index (χ2v) is 7.66. The Labute approximate surface area is 181 Å². The summed E-state index contributed by atoms with van der Waals surface area (Å²) in [7, 11) is 0. The number of epoxide rings is 2. The Balaban J connectivity index is 0.000000212. The average molecular weight is 422 g/mol. The second kappa shape index (κ2) is 9.83. The van der Waals surface area contributed by atoms with Crippen LogP contribution in [0.25, 0.3) is 0 Å². The van der Waals surface area contributed by atoms with Crippen LogP contribution in [0.4, 0.5) is 0 Å². The van der Waals surface area contributed by atoms with E-state index in [9.17, 15) is 15.3 Å². The molecule has 2 unspecified atom stereocenters. The van der Waals surface area contributed by atoms with Crippen LogP contribution in [0.2, 0.25) is 0 Å². The van der Waals surface area contributed by atoms with Crippen LogP contribution in [0, 0.1) is 0 Å². The smallest absolute Gasteiger partial charge is 0.115 e. The van der Waals surface area contributed by atoms with Crippen LogP contribution in [0.1, 0.15) is 22.6 Å². The lowest BCUT2D eigenvalue weighted by Gasteiger charge is -2.19. The first-order valence-electron chi connectivity index (χ1n) is 10.3. The molecule has 2 fully saturated rings. The lowest BCUT2D eigenvalue weighted by atomic mass is 9.85. The van der Waals surface area contributed by atoms with Gasteiger partial charge in [-0.05, 0) is 53.1 Å². The SMILES string of the molecule is C(OCC1CO1)C1CO1.Oc1ccc(C(c2ccc(O)cc2)c2ccc(O)cc2)cc1. The lowest BCUT2D eigenvalue weighted by molar-refractivity contribution is 0.102. The van der Waals surface area contributed by atoms with E-state index in [1.807, 2.05) is 36.4 Å². The maximum Gasteiger partial charge on any atom is 0.115 e. The zero-order valence-corrected chi connectivity index (χ0v) is 17.1. The molecular formula is C25H26O6. The van der Waals surface area contributed by atoms with Gasteiger partial charge in [-0.25, -0.2) is 0 Å². The van der Waals surface area contributed by atoms with Gasteiger partial charge in [0.1, 0.15) is 29.5 Å². The van der Waals surface area contributed by atoms with Gasteiger partial charge in [-0.15, -0.1) is 0 Å². The first-order valence-corrected chi connectivity index (χ1v) is 10.3. The highest BCUT2D eigenvalue weighted by Crippen LogP contribution is 2.34. The molecule has 5 rings (SSSR count). The van der Waals surface area contributed by atoms with Gasteiger partial charge < -0.3 is 29.5 Å². The van der Waals surface area contributed by atoms with Gasteiger partial charge in [0, 0.05) is 5.92 Å². The highest BCUT2D eigenvalue weighted by molar-refractivity contribution is 5.46. The molecule has 6 nitrogen and oxygen atoms in total. The van der Waals surface area contributed by atoms with Crippen molar-refractivity contribution in [3.8, 4) is 17.2 Å². The van der Waals surface area contributed by atoms with Crippen LogP contribution in [0.15, 0.2) is 72.8 Å². The van der Waals surface area contributed by atoms with Gasteiger partial charge in [-0.1, -0.05) is 36.4 Å². The summed E-state index contributed by atoms with van der Waals surface area (Å²) in [6.07, 6.45) is 0.785. The number of ether oxygens (including phenoxy) is 3. The highest BCUT2D eigenvalue weighted by Gasteiger charge is 2.26. The third kappa shape index (κ3) is 6.46. The van der Waals surface area contributed by atoms with Crippen molar-refractivity contribution >= 4 is 0 Å². The summed E-state index contributed by atoms with van der Waals surface area (Å²) in [5.41, 5.74) is 3.07. The van der Waals surface area contributed by atoms with Gasteiger partial charge >= 0.3 is 0 Å². The van der Waals surface area contributed by atoms with Gasteiger partial charge in [0.15, 0.2) is 0 Å². The quantitative estimate of drug-likeness (QED) is 0.396. The fourth-order valence-electron chi connectivity index (χ4n) is 3.24. The van der Waals surface area contributed by atoms with Crippen LogP contribution in [-0.4, -0.2) is 54.0 Å². The minimum Gasteiger partial charge on any atom is -0.508 e. The molecule has 3 aromatic rings. The minimum atomic E-state index is -0.0400. The molecule has 0 spiro atoms. The van der Waals surface area contributed by atoms with E-state index >= 15 is 0 Å². The van der Waals surface area contributed by atoms with Crippen LogP contribution in [-0.2, 0) is 14.2 Å². The lowest BCUT2D eigenvalue weighted by Crippen LogP contribution is -2.06. The van der Waals surface area contributed by atoms with Gasteiger partial charge in [0.25, 0.3) is 0 Å². The Morgan fingerprint density at radius 3 is 1.16 bits per heavy atom. The van der Waals surface area contributed by atoms with Crippen molar-refractivity contribution in [1.29, 1.82) is 0 Å². The normalized spacial score (nSPS) is 18.9. The Morgan fingerprint density at radius 2 is 0.903 bits per heavy atom. The van der Waals surface area contributed by atoms with E-state index in [4.69, 9.17) is 14.2 Å². The summed E-state index contributed by atoms with van der Waals surface area (Å²) < 4.78 is 15.1. The zero-order valence-electron chi connectivity index (χ0n) is 17.1. The molecule has 3 N–H and O–H groups in total. The van der Waals surface area contributed by atoms with Crippen molar-refractivity contribution in [3.05, 3.63) is 89.5 Å². The van der Waals surface area contributed by atoms with Gasteiger partial charge in [0.2, 0.25) is 0 Å². The molecule has 2 heterocycles. The number of hydrogen-bond acceptors (Lipinski definition) is 6. The summed E-state index contributed by atoms with van der Waals surface area (Å²) >= 11 is 0. The predicted molar refractivity (Wildman–Crippen MR) is 116 cm³/mol. The number of phenols is 3. The molecule has 0 saturated carbocycles. The van der Waals surface area contributed by atoms with Crippen molar-refractivity contribution in [1.82, 2.24) is 0 Å². The van der Waals surface area contributed by atoms with Crippen molar-refractivity contribution in [3.63, 3.8) is 0 Å². The van der Waals surface area contributed by atoms with E-state index < -0.39 is 0 Å². The van der Waals surface area contributed by atoms with Crippen molar-refractivity contribution in [2.75, 3.05) is 26.4 Å². The third-order valence-corrected chi connectivity index (χ3v) is 5.09. The summed E-state index contributed by atoms with van der Waals surface area (Å²) in [6.45, 7) is 3.26. The van der Waals surface area contributed by atoms with Gasteiger partial charge in [-0.3, -0.25) is 0 Å². The molecule has 0 radical (unpaired) electrons. The molecule has 2 atom stereocenters. The van der Waals surface area contributed by atoms with E-state index in [1.165, 1.54) is 0 Å². The van der Waals surface area contributed by atoms with Crippen molar-refractivity contribution in [2.45, 2.75) is 18.1 Å². The largest absolute Gasteiger partial charge is 0.508 e. The number of rotatable bonds is 7. The Morgan fingerprint density at radius 1 is 0.613 bits per heavy atom. The minimum absolute atomic E-state index is 0.0400. The average Bonchev–Trinajstić information content (AvgIpc) is 3.69. The van der Waals surface area contributed by atoms with Crippen molar-refractivity contribution in [2.24, 2.45) is 0 Å². The van der Waals surface area contributed by atoms with E-state index in [0.717, 1.165) is 43.1 Å². The summed E-state index contributed by atoms with van der Waals surface area (Å²) in [5, 5.41) is 28.5. The monoisotopic (exact) mass is 422 g/mol. The molecular weight excluding hydrogens is 396 g/mol. The van der Waals surface area contributed by atoms with E-state index in [-0.39, 0.29) is 23.2 Å². The first-order chi connectivity index (χ1) is 15.1. The van der Waals surface area contributed by atoms with Crippen LogP contribution in [0.3, 0.4) is 0 Å². The molecule has 2 aliphatic heterocycles. The molecule has 2 aliphatic rings. The zero-order chi connectivity index (χ0) is 21.6. The molecule has 0 bridgehead atoms. The Bertz CT molecular complexity index is 825. The molecule has 6 heteroatoms. The fourth-order valence-corrected chi connectivity index (χ4v) is 3.24. The number of phenolic OH excluding ortho intramolecular Hbond substituents is 3. The molecule has 0 aromatic heterocycles. The standard InChI is InChI=1S/C19H16O3.C6H10O3/c20-16-7-1-13(2-8-16)19(14-3-9-17(21)10-4-14)15-5-11-18(22)12-6-15;1(5-3-8-5)7-2-6-4-9-6/h1-12,19-22H;5-6H,1-4H2. The summed E-state index contributed by atoms with van der Waals surface area (Å²) in [5.74, 6) is 0.624. The van der Waals surface area contributed by atoms with E-state index in [0.29, 0.717) is 12.2 Å². The predicted octanol–water partition coefficient (Wildman–Crippen LogP) is 3.78. The van der Waals surface area contributed by atoms with Crippen LogP contribution in [0.5, 0.6) is 17.2 Å². The topological polar surface area (TPSA) is 95.0 Å². The molecule has 31 heavy (non-hydrogen) atoms. The maximum absolute atomic E-state index is 9.49. The fraction of sp³-hybridized carbons (Fsp3) is 0.280. The third-order valence-electron chi connectivity index (χ3n) is 5.09. The van der Waals surface area contributed by atoms with Gasteiger partial charge in [0.05, 0.1) is 26.4 Å². The number of benzene rings is 3. The van der Waals surface area contributed by atoms with Gasteiger partial charge in [-0.2, -0.15) is 0 Å². The highest BCUT2D eigenvalue weighted by atomic mass is 16.6. The Kier molecular flexibility index (Phi) is 6.72. The molecule has 2 saturated heterocycles. The molecule has 0 amide bonds. The van der Waals surface area contributed by atoms with E-state index in [2.05, 4.69) is 0 Å². The second-order valence-electron chi connectivity index (χ2n) is 7.66. The molecule has 3 aromatic carbocycles. The maximum atomic E-state index is 9.49. The first kappa shape index (κ1) is 21.2. The summed E-state index contributed by atoms with van der Waals surface area (Å²) in [4.78, 5) is 0. The molecule has 0 aliphatic carbocycles. The van der Waals surface area contributed by atoms with E-state index in [1.54, 1.807) is 36.4 Å². The van der Waals surface area contributed by atoms with Crippen molar-refractivity contribution < 1.29 is 29.5 Å². The molecule has 162 valence electrons. The van der Waals surface area contributed by atoms with Crippen LogP contribution >= 0.6 is 0 Å². The number of aromatic hydroxyl groups is 3. The van der Waals surface area contributed by atoms with Crippen LogP contribution < -0.4 is 0 Å². The number of hydrogen-bond donors (Lipinski definition) is 3.